The van der Waals surface area contributed by atoms with E-state index in [0.717, 1.165) is 18.4 Å². The Labute approximate surface area is 166 Å². The number of likely N-dealkylation sites (tertiary alicyclic amines) is 1. The third-order valence-electron chi connectivity index (χ3n) is 4.51. The lowest BCUT2D eigenvalue weighted by Gasteiger charge is -2.31. The van der Waals surface area contributed by atoms with Crippen molar-refractivity contribution in [1.29, 1.82) is 0 Å². The molecule has 1 amide bonds. The summed E-state index contributed by atoms with van der Waals surface area (Å²) in [6.07, 6.45) is 1.26. The number of nitrogens with zero attached hydrogens (tertiary/aromatic N) is 3. The molecular weight excluding hydrogens is 382 g/mol. The summed E-state index contributed by atoms with van der Waals surface area (Å²) < 4.78 is 30.3. The molecule has 0 unspecified atom stereocenters. The molecule has 10 heteroatoms. The second kappa shape index (κ2) is 9.74. The van der Waals surface area contributed by atoms with Crippen LogP contribution in [0.1, 0.15) is 25.3 Å². The first-order chi connectivity index (χ1) is 13.2. The molecule has 0 atom stereocenters. The molecule has 9 nitrogen and oxygen atoms in total. The molecule has 0 radical (unpaired) electrons. The van der Waals surface area contributed by atoms with Crippen LogP contribution < -0.4 is 11.1 Å². The molecule has 2 rings (SSSR count). The number of nitrogens with two attached hydrogens (primary N) is 1. The number of rotatable bonds is 6. The summed E-state index contributed by atoms with van der Waals surface area (Å²) in [5.41, 5.74) is 6.83. The van der Waals surface area contributed by atoms with Crippen LogP contribution in [0.15, 0.2) is 34.2 Å². The van der Waals surface area contributed by atoms with Crippen LogP contribution in [0.25, 0.3) is 0 Å². The fourth-order valence-corrected chi connectivity index (χ4v) is 3.73. The summed E-state index contributed by atoms with van der Waals surface area (Å²) in [7, 11) is -0.441. The highest BCUT2D eigenvalue weighted by atomic mass is 32.2. The average Bonchev–Trinajstić information content (AvgIpc) is 2.67. The van der Waals surface area contributed by atoms with E-state index in [0.29, 0.717) is 32.2 Å². The number of sulfonamides is 1. The molecule has 1 aliphatic heterocycles. The summed E-state index contributed by atoms with van der Waals surface area (Å²) in [4.78, 5) is 18.0. The van der Waals surface area contributed by atoms with Crippen LogP contribution in [0.3, 0.4) is 0 Å². The Hall–Kier alpha value is -2.33. The summed E-state index contributed by atoms with van der Waals surface area (Å²) in [5.74, 6) is 0.333. The molecule has 156 valence electrons. The number of benzene rings is 1. The van der Waals surface area contributed by atoms with Crippen LogP contribution in [0.4, 0.5) is 4.79 Å². The first kappa shape index (κ1) is 22.0. The van der Waals surface area contributed by atoms with Crippen LogP contribution in [0.2, 0.25) is 0 Å². The van der Waals surface area contributed by atoms with E-state index in [1.54, 1.807) is 36.1 Å². The highest BCUT2D eigenvalue weighted by molar-refractivity contribution is 7.89. The Kier molecular flexibility index (Phi) is 7.64. The molecule has 1 aromatic carbocycles. The smallest absolute Gasteiger partial charge is 0.409 e. The summed E-state index contributed by atoms with van der Waals surface area (Å²) in [5, 5.41) is 3.18. The molecule has 1 saturated heterocycles. The topological polar surface area (TPSA) is 117 Å². The van der Waals surface area contributed by atoms with Crippen LogP contribution >= 0.6 is 0 Å². The van der Waals surface area contributed by atoms with Gasteiger partial charge < -0.3 is 20.7 Å². The van der Waals surface area contributed by atoms with Crippen molar-refractivity contribution in [2.45, 2.75) is 37.2 Å². The number of ether oxygens (including phenoxy) is 1. The predicted molar refractivity (Wildman–Crippen MR) is 107 cm³/mol. The molecule has 0 spiro atoms. The maximum absolute atomic E-state index is 12.1. The number of carbonyl (C=O) groups excluding carboxylic acids is 1. The van der Waals surface area contributed by atoms with E-state index in [9.17, 15) is 13.2 Å². The van der Waals surface area contributed by atoms with E-state index >= 15 is 0 Å². The van der Waals surface area contributed by atoms with E-state index < -0.39 is 10.0 Å². The SMILES string of the molecule is CCOC(=O)N1CCC(NC(N)=NCc2ccc(S(=O)(=O)N(C)C)cc2)CC1. The molecule has 0 bridgehead atoms. The van der Waals surface area contributed by atoms with Gasteiger partial charge in [0.05, 0.1) is 18.0 Å². The van der Waals surface area contributed by atoms with Crippen molar-refractivity contribution in [2.24, 2.45) is 10.7 Å². The number of hydrogen-bond donors (Lipinski definition) is 2. The molecular formula is C18H29N5O4S. The standard InChI is InChI=1S/C18H29N5O4S/c1-4-27-18(24)23-11-9-15(10-12-23)21-17(19)20-13-14-5-7-16(8-6-14)28(25,26)22(2)3/h5-8,15H,4,9-13H2,1-3H3,(H3,19,20,21). The van der Waals surface area contributed by atoms with Gasteiger partial charge in [-0.15, -0.1) is 0 Å². The number of nitrogens with one attached hydrogen (secondary N) is 1. The van der Waals surface area contributed by atoms with Gasteiger partial charge in [-0.05, 0) is 37.5 Å². The molecule has 1 aliphatic rings. The summed E-state index contributed by atoms with van der Waals surface area (Å²) in [6, 6.07) is 6.74. The Bertz CT molecular complexity index is 785. The Morgan fingerprint density at radius 1 is 1.29 bits per heavy atom. The number of piperidine rings is 1. The lowest BCUT2D eigenvalue weighted by atomic mass is 10.1. The number of amides is 1. The van der Waals surface area contributed by atoms with Crippen molar-refractivity contribution in [2.75, 3.05) is 33.8 Å². The quantitative estimate of drug-likeness (QED) is 0.532. The predicted octanol–water partition coefficient (Wildman–Crippen LogP) is 0.962. The minimum absolute atomic E-state index is 0.155. The van der Waals surface area contributed by atoms with Gasteiger partial charge in [0, 0.05) is 33.2 Å². The minimum Gasteiger partial charge on any atom is -0.450 e. The normalized spacial score (nSPS) is 16.3. The van der Waals surface area contributed by atoms with Crippen molar-refractivity contribution in [3.63, 3.8) is 0 Å². The van der Waals surface area contributed by atoms with Gasteiger partial charge in [-0.1, -0.05) is 12.1 Å². The van der Waals surface area contributed by atoms with Crippen LogP contribution in [-0.2, 0) is 21.3 Å². The van der Waals surface area contributed by atoms with Crippen molar-refractivity contribution >= 4 is 22.1 Å². The fraction of sp³-hybridized carbons (Fsp3) is 0.556. The summed E-state index contributed by atoms with van der Waals surface area (Å²) >= 11 is 0. The second-order valence-electron chi connectivity index (χ2n) is 6.74. The molecule has 0 aromatic heterocycles. The van der Waals surface area contributed by atoms with Crippen LogP contribution in [0, 0.1) is 0 Å². The lowest BCUT2D eigenvalue weighted by molar-refractivity contribution is 0.0963. The van der Waals surface area contributed by atoms with E-state index in [-0.39, 0.29) is 17.0 Å². The first-order valence-electron chi connectivity index (χ1n) is 9.23. The van der Waals surface area contributed by atoms with Crippen LogP contribution in [0.5, 0.6) is 0 Å². The molecule has 0 saturated carbocycles. The zero-order chi connectivity index (χ0) is 20.7. The second-order valence-corrected chi connectivity index (χ2v) is 8.89. The van der Waals surface area contributed by atoms with E-state index in [4.69, 9.17) is 10.5 Å². The molecule has 1 aromatic rings. The van der Waals surface area contributed by atoms with Gasteiger partial charge in [0.1, 0.15) is 0 Å². The van der Waals surface area contributed by atoms with Gasteiger partial charge in [-0.3, -0.25) is 0 Å². The van der Waals surface area contributed by atoms with Gasteiger partial charge in [0.25, 0.3) is 0 Å². The monoisotopic (exact) mass is 411 g/mol. The van der Waals surface area contributed by atoms with Gasteiger partial charge in [0.15, 0.2) is 5.96 Å². The van der Waals surface area contributed by atoms with E-state index in [2.05, 4.69) is 10.3 Å². The Balaban J connectivity index is 1.84. The zero-order valence-corrected chi connectivity index (χ0v) is 17.4. The molecule has 28 heavy (non-hydrogen) atoms. The molecule has 3 N–H and O–H groups in total. The highest BCUT2D eigenvalue weighted by Gasteiger charge is 2.23. The first-order valence-corrected chi connectivity index (χ1v) is 10.7. The minimum atomic E-state index is -3.43. The Morgan fingerprint density at radius 3 is 2.43 bits per heavy atom. The highest BCUT2D eigenvalue weighted by Crippen LogP contribution is 2.15. The van der Waals surface area contributed by atoms with Gasteiger partial charge in [0.2, 0.25) is 10.0 Å². The molecule has 1 fully saturated rings. The van der Waals surface area contributed by atoms with E-state index in [1.807, 2.05) is 0 Å². The third kappa shape index (κ3) is 5.83. The lowest BCUT2D eigenvalue weighted by Crippen LogP contribution is -2.48. The average molecular weight is 412 g/mol. The van der Waals surface area contributed by atoms with Crippen molar-refractivity contribution in [3.8, 4) is 0 Å². The molecule has 1 heterocycles. The van der Waals surface area contributed by atoms with Crippen molar-refractivity contribution in [3.05, 3.63) is 29.8 Å². The number of hydrogen-bond acceptors (Lipinski definition) is 5. The number of guanidine groups is 1. The number of carbonyl (C=O) groups is 1. The van der Waals surface area contributed by atoms with Crippen molar-refractivity contribution < 1.29 is 17.9 Å². The zero-order valence-electron chi connectivity index (χ0n) is 16.6. The third-order valence-corrected chi connectivity index (χ3v) is 6.34. The van der Waals surface area contributed by atoms with Crippen molar-refractivity contribution in [1.82, 2.24) is 14.5 Å². The maximum atomic E-state index is 12.1. The van der Waals surface area contributed by atoms with Gasteiger partial charge in [-0.2, -0.15) is 0 Å². The van der Waals surface area contributed by atoms with E-state index in [1.165, 1.54) is 18.4 Å². The van der Waals surface area contributed by atoms with Gasteiger partial charge >= 0.3 is 6.09 Å². The fourth-order valence-electron chi connectivity index (χ4n) is 2.83. The van der Waals surface area contributed by atoms with Gasteiger partial charge in [-0.25, -0.2) is 22.5 Å². The van der Waals surface area contributed by atoms with Crippen LogP contribution in [-0.4, -0.2) is 69.5 Å². The largest absolute Gasteiger partial charge is 0.450 e. The Morgan fingerprint density at radius 2 is 1.89 bits per heavy atom. The number of aliphatic imine (C=N–C) groups is 1. The molecule has 0 aliphatic carbocycles. The summed E-state index contributed by atoms with van der Waals surface area (Å²) in [6.45, 7) is 3.75. The maximum Gasteiger partial charge on any atom is 0.409 e.